The van der Waals surface area contributed by atoms with E-state index < -0.39 is 0 Å². The van der Waals surface area contributed by atoms with Gasteiger partial charge >= 0.3 is 0 Å². The summed E-state index contributed by atoms with van der Waals surface area (Å²) in [5.74, 6) is 0.984. The van der Waals surface area contributed by atoms with Gasteiger partial charge in [0.05, 0.1) is 23.0 Å². The highest BCUT2D eigenvalue weighted by atomic mass is 16.1. The number of rotatable bonds is 7. The molecule has 0 saturated heterocycles. The van der Waals surface area contributed by atoms with E-state index in [2.05, 4.69) is 31.8 Å². The second-order valence-corrected chi connectivity index (χ2v) is 5.65. The highest BCUT2D eigenvalue weighted by molar-refractivity contribution is 5.95. The van der Waals surface area contributed by atoms with Gasteiger partial charge in [0.15, 0.2) is 5.82 Å². The van der Waals surface area contributed by atoms with Crippen LogP contribution in [0, 0.1) is 11.3 Å². The summed E-state index contributed by atoms with van der Waals surface area (Å²) in [6.45, 7) is 2.81. The van der Waals surface area contributed by atoms with Crippen molar-refractivity contribution < 1.29 is 4.79 Å². The molecule has 2 N–H and O–H groups in total. The van der Waals surface area contributed by atoms with Crippen LogP contribution in [0.4, 0.5) is 5.82 Å². The normalized spacial score (nSPS) is 10.2. The first-order chi connectivity index (χ1) is 13.2. The van der Waals surface area contributed by atoms with Gasteiger partial charge in [-0.3, -0.25) is 4.79 Å². The minimum atomic E-state index is -0.197. The number of hydrogen-bond donors (Lipinski definition) is 2. The van der Waals surface area contributed by atoms with Crippen LogP contribution < -0.4 is 10.6 Å². The first-order valence-electron chi connectivity index (χ1n) is 8.60. The summed E-state index contributed by atoms with van der Waals surface area (Å²) in [6.07, 6.45) is 5.51. The molecule has 0 spiro atoms. The van der Waals surface area contributed by atoms with E-state index in [1.54, 1.807) is 35.4 Å². The van der Waals surface area contributed by atoms with Gasteiger partial charge in [0.2, 0.25) is 0 Å². The van der Waals surface area contributed by atoms with E-state index in [1.807, 2.05) is 25.1 Å². The van der Waals surface area contributed by atoms with E-state index >= 15 is 0 Å². The van der Waals surface area contributed by atoms with E-state index in [1.165, 1.54) is 0 Å². The zero-order valence-corrected chi connectivity index (χ0v) is 14.9. The third-order valence-corrected chi connectivity index (χ3v) is 3.95. The highest BCUT2D eigenvalue weighted by Gasteiger charge is 2.17. The number of nitrogens with zero attached hydrogens (tertiary/aromatic N) is 5. The van der Waals surface area contributed by atoms with Crippen molar-refractivity contribution in [3.8, 4) is 11.9 Å². The molecule has 0 aliphatic carbocycles. The van der Waals surface area contributed by atoms with Crippen molar-refractivity contribution in [2.24, 2.45) is 0 Å². The van der Waals surface area contributed by atoms with Crippen LogP contribution in [-0.2, 0) is 6.42 Å². The molecule has 8 heteroatoms. The molecule has 3 aromatic heterocycles. The molecule has 3 rings (SSSR count). The lowest BCUT2D eigenvalue weighted by molar-refractivity contribution is 0.0954. The average Bonchev–Trinajstić information content (AvgIpc) is 3.16. The Morgan fingerprint density at radius 1 is 1.19 bits per heavy atom. The molecule has 27 heavy (non-hydrogen) atoms. The smallest absolute Gasteiger partial charge is 0.254 e. The van der Waals surface area contributed by atoms with Crippen molar-refractivity contribution in [1.29, 1.82) is 5.26 Å². The summed E-state index contributed by atoms with van der Waals surface area (Å²) in [7, 11) is 0. The molecule has 0 unspecified atom stereocenters. The van der Waals surface area contributed by atoms with Crippen LogP contribution in [-0.4, -0.2) is 38.7 Å². The number of hydrogen-bond acceptors (Lipinski definition) is 6. The Kier molecular flexibility index (Phi) is 5.74. The zero-order valence-electron chi connectivity index (χ0n) is 14.9. The second kappa shape index (κ2) is 8.58. The molecular weight excluding hydrogens is 342 g/mol. The van der Waals surface area contributed by atoms with Gasteiger partial charge in [0.1, 0.15) is 11.9 Å². The largest absolute Gasteiger partial charge is 0.367 e. The molecule has 0 aliphatic heterocycles. The number of nitrogens with one attached hydrogen (secondary N) is 2. The fraction of sp³-hybridized carbons (Fsp3) is 0.211. The van der Waals surface area contributed by atoms with Crippen molar-refractivity contribution in [3.63, 3.8) is 0 Å². The zero-order chi connectivity index (χ0) is 19.1. The summed E-state index contributed by atoms with van der Waals surface area (Å²) in [4.78, 5) is 20.9. The van der Waals surface area contributed by atoms with Crippen molar-refractivity contribution in [2.45, 2.75) is 13.3 Å². The molecule has 0 aromatic carbocycles. The van der Waals surface area contributed by atoms with Gasteiger partial charge in [-0.25, -0.2) is 14.6 Å². The quantitative estimate of drug-likeness (QED) is 0.623. The molecule has 0 aliphatic rings. The van der Waals surface area contributed by atoms with Crippen LogP contribution in [0.1, 0.15) is 28.5 Å². The third-order valence-electron chi connectivity index (χ3n) is 3.95. The number of nitriles is 1. The average molecular weight is 361 g/mol. The standard InChI is InChI=1S/C19H19N7O/c1-2-16-15(13-25-26(16)17-7-3-4-8-21-17)19(27)24-11-10-23-18-14(12-20)6-5-9-22-18/h3-9,13H,2,10-11H2,1H3,(H,22,23)(H,24,27). The van der Waals surface area contributed by atoms with E-state index in [-0.39, 0.29) is 5.91 Å². The van der Waals surface area contributed by atoms with Crippen LogP contribution in [0.3, 0.4) is 0 Å². The van der Waals surface area contributed by atoms with E-state index in [4.69, 9.17) is 5.26 Å². The number of amides is 1. The Bertz CT molecular complexity index is 960. The number of carbonyl (C=O) groups excluding carboxylic acids is 1. The van der Waals surface area contributed by atoms with Gasteiger partial charge < -0.3 is 10.6 Å². The minimum absolute atomic E-state index is 0.197. The third kappa shape index (κ3) is 4.10. The molecule has 8 nitrogen and oxygen atoms in total. The second-order valence-electron chi connectivity index (χ2n) is 5.65. The van der Waals surface area contributed by atoms with E-state index in [0.29, 0.717) is 42.3 Å². The van der Waals surface area contributed by atoms with Crippen LogP contribution in [0.5, 0.6) is 0 Å². The summed E-state index contributed by atoms with van der Waals surface area (Å²) < 4.78 is 1.68. The number of carbonyl (C=O) groups is 1. The van der Waals surface area contributed by atoms with Gasteiger partial charge in [-0.15, -0.1) is 0 Å². The van der Waals surface area contributed by atoms with Crippen molar-refractivity contribution in [2.75, 3.05) is 18.4 Å². The SMILES string of the molecule is CCc1c(C(=O)NCCNc2ncccc2C#N)cnn1-c1ccccn1. The van der Waals surface area contributed by atoms with Crippen LogP contribution in [0.2, 0.25) is 0 Å². The fourth-order valence-corrected chi connectivity index (χ4v) is 2.67. The number of aromatic nitrogens is 4. The molecule has 0 radical (unpaired) electrons. The Morgan fingerprint density at radius 3 is 2.78 bits per heavy atom. The van der Waals surface area contributed by atoms with Crippen LogP contribution in [0.15, 0.2) is 48.9 Å². The lowest BCUT2D eigenvalue weighted by atomic mass is 10.2. The van der Waals surface area contributed by atoms with Gasteiger partial charge in [-0.05, 0) is 30.7 Å². The fourth-order valence-electron chi connectivity index (χ4n) is 2.67. The van der Waals surface area contributed by atoms with E-state index in [0.717, 1.165) is 5.69 Å². The highest BCUT2D eigenvalue weighted by Crippen LogP contribution is 2.14. The lowest BCUT2D eigenvalue weighted by Gasteiger charge is -2.09. The van der Waals surface area contributed by atoms with Crippen molar-refractivity contribution in [1.82, 2.24) is 25.1 Å². The Hall–Kier alpha value is -3.73. The molecule has 3 heterocycles. The number of pyridine rings is 2. The van der Waals surface area contributed by atoms with Gasteiger partial charge in [-0.1, -0.05) is 13.0 Å². The Labute approximate surface area is 156 Å². The monoisotopic (exact) mass is 361 g/mol. The molecule has 0 bridgehead atoms. The summed E-state index contributed by atoms with van der Waals surface area (Å²) in [5.41, 5.74) is 1.79. The van der Waals surface area contributed by atoms with Gasteiger partial charge in [0, 0.05) is 25.5 Å². The predicted molar refractivity (Wildman–Crippen MR) is 101 cm³/mol. The maximum Gasteiger partial charge on any atom is 0.254 e. The summed E-state index contributed by atoms with van der Waals surface area (Å²) in [5, 5.41) is 19.3. The molecule has 0 saturated carbocycles. The molecule has 0 atom stereocenters. The van der Waals surface area contributed by atoms with Crippen LogP contribution >= 0.6 is 0 Å². The summed E-state index contributed by atoms with van der Waals surface area (Å²) >= 11 is 0. The lowest BCUT2D eigenvalue weighted by Crippen LogP contribution is -2.29. The Balaban J connectivity index is 1.62. The first kappa shape index (κ1) is 18.1. The van der Waals surface area contributed by atoms with E-state index in [9.17, 15) is 4.79 Å². The molecular formula is C19H19N7O. The predicted octanol–water partition coefficient (Wildman–Crippen LogP) is 1.94. The molecule has 3 aromatic rings. The maximum atomic E-state index is 12.5. The van der Waals surface area contributed by atoms with Crippen molar-refractivity contribution >= 4 is 11.7 Å². The minimum Gasteiger partial charge on any atom is -0.367 e. The maximum absolute atomic E-state index is 12.5. The number of anilines is 1. The topological polar surface area (TPSA) is 109 Å². The Morgan fingerprint density at radius 2 is 2.04 bits per heavy atom. The molecule has 136 valence electrons. The summed E-state index contributed by atoms with van der Waals surface area (Å²) in [6, 6.07) is 11.0. The molecule has 0 fully saturated rings. The van der Waals surface area contributed by atoms with Gasteiger partial charge in [0.25, 0.3) is 5.91 Å². The van der Waals surface area contributed by atoms with Crippen molar-refractivity contribution in [3.05, 3.63) is 65.7 Å². The van der Waals surface area contributed by atoms with Crippen LogP contribution in [0.25, 0.3) is 5.82 Å². The van der Waals surface area contributed by atoms with Gasteiger partial charge in [-0.2, -0.15) is 10.4 Å². The first-order valence-corrected chi connectivity index (χ1v) is 8.60. The molecule has 1 amide bonds.